The highest BCUT2D eigenvalue weighted by molar-refractivity contribution is 5.75. The summed E-state index contributed by atoms with van der Waals surface area (Å²) < 4.78 is 0. The minimum atomic E-state index is 0.0131. The van der Waals surface area contributed by atoms with E-state index in [1.807, 2.05) is 0 Å². The highest BCUT2D eigenvalue weighted by Gasteiger charge is 2.39. The molecule has 2 atom stereocenters. The van der Waals surface area contributed by atoms with Crippen LogP contribution in [-0.2, 0) is 0 Å². The Labute approximate surface area is 79.3 Å². The predicted molar refractivity (Wildman–Crippen MR) is 51.4 cm³/mol. The number of urea groups is 1. The molecule has 74 valence electrons. The maximum absolute atomic E-state index is 11.3. The normalized spacial score (nSPS) is 33.7. The molecule has 2 rings (SSSR count). The van der Waals surface area contributed by atoms with Gasteiger partial charge in [0.15, 0.2) is 0 Å². The van der Waals surface area contributed by atoms with E-state index in [1.54, 1.807) is 0 Å². The van der Waals surface area contributed by atoms with Crippen LogP contribution in [0.4, 0.5) is 4.79 Å². The fourth-order valence-electron chi connectivity index (χ4n) is 1.54. The Morgan fingerprint density at radius 1 is 1.54 bits per heavy atom. The fraction of sp³-hybridized carbons (Fsp3) is 0.900. The van der Waals surface area contributed by atoms with E-state index in [1.165, 1.54) is 6.42 Å². The van der Waals surface area contributed by atoms with Gasteiger partial charge in [0, 0.05) is 12.1 Å². The smallest absolute Gasteiger partial charge is 0.315 e. The van der Waals surface area contributed by atoms with Gasteiger partial charge in [-0.1, -0.05) is 6.92 Å². The summed E-state index contributed by atoms with van der Waals surface area (Å²) in [4.78, 5) is 11.3. The van der Waals surface area contributed by atoms with Gasteiger partial charge in [-0.05, 0) is 38.0 Å². The Bertz CT molecular complexity index is 223. The standard InChI is InChI=1S/C10H18N2O/c1-7-5-8(7)6-11-9(13)12-10(2)3-4-10/h7-8H,3-6H2,1-2H3,(H2,11,12,13). The molecule has 2 amide bonds. The monoisotopic (exact) mass is 182 g/mol. The van der Waals surface area contributed by atoms with Crippen molar-refractivity contribution in [2.45, 2.75) is 38.6 Å². The quantitative estimate of drug-likeness (QED) is 0.682. The molecular formula is C10H18N2O. The molecule has 0 radical (unpaired) electrons. The first-order valence-corrected chi connectivity index (χ1v) is 5.15. The van der Waals surface area contributed by atoms with Crippen molar-refractivity contribution in [2.24, 2.45) is 11.8 Å². The highest BCUT2D eigenvalue weighted by Crippen LogP contribution is 2.37. The van der Waals surface area contributed by atoms with E-state index >= 15 is 0 Å². The third kappa shape index (κ3) is 2.36. The van der Waals surface area contributed by atoms with Gasteiger partial charge in [0.1, 0.15) is 0 Å². The van der Waals surface area contributed by atoms with Crippen LogP contribution in [0.1, 0.15) is 33.1 Å². The van der Waals surface area contributed by atoms with E-state index in [0.717, 1.165) is 31.2 Å². The largest absolute Gasteiger partial charge is 0.338 e. The molecule has 3 heteroatoms. The Morgan fingerprint density at radius 3 is 2.62 bits per heavy atom. The van der Waals surface area contributed by atoms with Crippen molar-refractivity contribution in [1.82, 2.24) is 10.6 Å². The van der Waals surface area contributed by atoms with E-state index in [9.17, 15) is 4.79 Å². The summed E-state index contributed by atoms with van der Waals surface area (Å²) in [5, 5.41) is 5.90. The van der Waals surface area contributed by atoms with E-state index in [-0.39, 0.29) is 11.6 Å². The first-order chi connectivity index (χ1) is 6.09. The maximum Gasteiger partial charge on any atom is 0.315 e. The average molecular weight is 182 g/mol. The first-order valence-electron chi connectivity index (χ1n) is 5.15. The predicted octanol–water partition coefficient (Wildman–Crippen LogP) is 1.49. The molecule has 13 heavy (non-hydrogen) atoms. The van der Waals surface area contributed by atoms with E-state index < -0.39 is 0 Å². The van der Waals surface area contributed by atoms with E-state index in [0.29, 0.717) is 0 Å². The van der Waals surface area contributed by atoms with Crippen molar-refractivity contribution >= 4 is 6.03 Å². The highest BCUT2D eigenvalue weighted by atomic mass is 16.2. The first kappa shape index (κ1) is 8.85. The number of carbonyl (C=O) groups is 1. The van der Waals surface area contributed by atoms with Crippen molar-refractivity contribution in [3.05, 3.63) is 0 Å². The second-order valence-corrected chi connectivity index (χ2v) is 4.87. The summed E-state index contributed by atoms with van der Waals surface area (Å²) in [6, 6.07) is 0.0131. The minimum absolute atomic E-state index is 0.0131. The number of amides is 2. The molecule has 0 bridgehead atoms. The lowest BCUT2D eigenvalue weighted by molar-refractivity contribution is 0.236. The van der Waals surface area contributed by atoms with Crippen molar-refractivity contribution in [3.8, 4) is 0 Å². The topological polar surface area (TPSA) is 41.1 Å². The van der Waals surface area contributed by atoms with Crippen LogP contribution in [0.25, 0.3) is 0 Å². The lowest BCUT2D eigenvalue weighted by Crippen LogP contribution is -2.42. The number of nitrogens with one attached hydrogen (secondary N) is 2. The molecule has 2 aliphatic rings. The summed E-state index contributed by atoms with van der Waals surface area (Å²) in [6.45, 7) is 5.17. The van der Waals surface area contributed by atoms with Crippen LogP contribution in [0.15, 0.2) is 0 Å². The molecule has 2 N–H and O–H groups in total. The lowest BCUT2D eigenvalue weighted by Gasteiger charge is -2.12. The van der Waals surface area contributed by atoms with E-state index in [2.05, 4.69) is 24.5 Å². The number of hydrogen-bond acceptors (Lipinski definition) is 1. The minimum Gasteiger partial charge on any atom is -0.338 e. The van der Waals surface area contributed by atoms with Crippen LogP contribution in [0, 0.1) is 11.8 Å². The Hall–Kier alpha value is -0.730. The van der Waals surface area contributed by atoms with Gasteiger partial charge in [0.05, 0.1) is 0 Å². The molecule has 0 spiro atoms. The average Bonchev–Trinajstić information content (AvgIpc) is 2.90. The molecular weight excluding hydrogens is 164 g/mol. The van der Waals surface area contributed by atoms with Gasteiger partial charge in [-0.3, -0.25) is 0 Å². The Balaban J connectivity index is 1.61. The Kier molecular flexibility index (Phi) is 1.97. The summed E-state index contributed by atoms with van der Waals surface area (Å²) >= 11 is 0. The molecule has 2 saturated carbocycles. The number of hydrogen-bond donors (Lipinski definition) is 2. The van der Waals surface area contributed by atoms with Crippen molar-refractivity contribution in [1.29, 1.82) is 0 Å². The van der Waals surface area contributed by atoms with Crippen LogP contribution in [0.3, 0.4) is 0 Å². The second kappa shape index (κ2) is 2.89. The van der Waals surface area contributed by atoms with Crippen LogP contribution in [-0.4, -0.2) is 18.1 Å². The van der Waals surface area contributed by atoms with Crippen molar-refractivity contribution < 1.29 is 4.79 Å². The molecule has 3 nitrogen and oxygen atoms in total. The molecule has 0 aromatic heterocycles. The molecule has 0 saturated heterocycles. The molecule has 0 heterocycles. The third-order valence-electron chi connectivity index (χ3n) is 3.22. The van der Waals surface area contributed by atoms with Gasteiger partial charge in [-0.25, -0.2) is 4.79 Å². The molecule has 0 aromatic carbocycles. The van der Waals surface area contributed by atoms with E-state index in [4.69, 9.17) is 0 Å². The number of carbonyl (C=O) groups excluding carboxylic acids is 1. The van der Waals surface area contributed by atoms with Gasteiger partial charge in [-0.2, -0.15) is 0 Å². The molecule has 2 unspecified atom stereocenters. The van der Waals surface area contributed by atoms with Crippen molar-refractivity contribution in [2.75, 3.05) is 6.54 Å². The Morgan fingerprint density at radius 2 is 2.15 bits per heavy atom. The fourth-order valence-corrected chi connectivity index (χ4v) is 1.54. The summed E-state index contributed by atoms with van der Waals surface area (Å²) in [6.07, 6.45) is 3.53. The molecule has 0 aromatic rings. The zero-order valence-electron chi connectivity index (χ0n) is 8.39. The summed E-state index contributed by atoms with van der Waals surface area (Å²) in [5.74, 6) is 1.55. The molecule has 2 aliphatic carbocycles. The molecule has 0 aliphatic heterocycles. The van der Waals surface area contributed by atoms with Crippen LogP contribution in [0.2, 0.25) is 0 Å². The van der Waals surface area contributed by atoms with Crippen molar-refractivity contribution in [3.63, 3.8) is 0 Å². The number of rotatable bonds is 3. The van der Waals surface area contributed by atoms with Gasteiger partial charge < -0.3 is 10.6 Å². The third-order valence-corrected chi connectivity index (χ3v) is 3.22. The second-order valence-electron chi connectivity index (χ2n) is 4.87. The van der Waals surface area contributed by atoms with Crippen LogP contribution >= 0.6 is 0 Å². The summed E-state index contributed by atoms with van der Waals surface area (Å²) in [7, 11) is 0. The van der Waals surface area contributed by atoms with Gasteiger partial charge in [0.2, 0.25) is 0 Å². The zero-order valence-corrected chi connectivity index (χ0v) is 8.39. The van der Waals surface area contributed by atoms with Gasteiger partial charge in [0.25, 0.3) is 0 Å². The zero-order chi connectivity index (χ0) is 9.47. The van der Waals surface area contributed by atoms with Gasteiger partial charge in [-0.15, -0.1) is 0 Å². The SMILES string of the molecule is CC1CC1CNC(=O)NC1(C)CC1. The lowest BCUT2D eigenvalue weighted by atomic mass is 10.3. The van der Waals surface area contributed by atoms with Crippen LogP contribution in [0.5, 0.6) is 0 Å². The molecule has 2 fully saturated rings. The van der Waals surface area contributed by atoms with Gasteiger partial charge >= 0.3 is 6.03 Å². The van der Waals surface area contributed by atoms with Crippen LogP contribution < -0.4 is 10.6 Å². The summed E-state index contributed by atoms with van der Waals surface area (Å²) in [5.41, 5.74) is 0.110. The maximum atomic E-state index is 11.3.